The molecule has 0 aromatic heterocycles. The Labute approximate surface area is 140 Å². The predicted molar refractivity (Wildman–Crippen MR) is 99.0 cm³/mol. The molecular weight excluding hydrogens is 264 g/mol. The Kier molecular flexibility index (Phi) is 6.06. The summed E-state index contributed by atoms with van der Waals surface area (Å²) in [5.41, 5.74) is 1.08. The summed E-state index contributed by atoms with van der Waals surface area (Å²) >= 11 is 0. The van der Waals surface area contributed by atoms with Gasteiger partial charge >= 0.3 is 0 Å². The number of hydrogen-bond donors (Lipinski definition) is 0. The molecule has 130 valence electrons. The fraction of sp³-hybridized carbons (Fsp3) is 1.00. The first-order chi connectivity index (χ1) is 10.2. The first kappa shape index (κ1) is 18.3. The van der Waals surface area contributed by atoms with E-state index in [4.69, 9.17) is 0 Å². The zero-order valence-corrected chi connectivity index (χ0v) is 16.4. The second kappa shape index (κ2) is 7.27. The fourth-order valence-corrected chi connectivity index (χ4v) is 5.11. The van der Waals surface area contributed by atoms with Crippen molar-refractivity contribution in [3.63, 3.8) is 0 Å². The van der Waals surface area contributed by atoms with E-state index < -0.39 is 0 Å². The molecule has 0 heteroatoms. The largest absolute Gasteiger partial charge is 0.0599 e. The molecule has 22 heavy (non-hydrogen) atoms. The van der Waals surface area contributed by atoms with E-state index in [0.717, 1.165) is 23.7 Å². The minimum atomic E-state index is 0.538. The molecule has 0 spiro atoms. The third-order valence-electron chi connectivity index (χ3n) is 7.13. The maximum Gasteiger partial charge on any atom is -0.0354 e. The van der Waals surface area contributed by atoms with E-state index in [1.807, 2.05) is 0 Å². The average molecular weight is 307 g/mol. The highest BCUT2D eigenvalue weighted by Crippen LogP contribution is 2.44. The lowest BCUT2D eigenvalue weighted by molar-refractivity contribution is 0.127. The van der Waals surface area contributed by atoms with Gasteiger partial charge < -0.3 is 0 Å². The molecule has 0 atom stereocenters. The van der Waals surface area contributed by atoms with Crippen LogP contribution in [0.1, 0.15) is 106 Å². The summed E-state index contributed by atoms with van der Waals surface area (Å²) in [6, 6.07) is 0. The number of rotatable bonds is 3. The van der Waals surface area contributed by atoms with Crippen LogP contribution in [0.3, 0.4) is 0 Å². The van der Waals surface area contributed by atoms with Gasteiger partial charge in [-0.25, -0.2) is 0 Å². The van der Waals surface area contributed by atoms with Gasteiger partial charge in [0.25, 0.3) is 0 Å². The fourth-order valence-electron chi connectivity index (χ4n) is 5.11. The Morgan fingerprint density at radius 2 is 0.773 bits per heavy atom. The first-order valence-electron chi connectivity index (χ1n) is 10.2. The molecule has 0 saturated heterocycles. The van der Waals surface area contributed by atoms with Crippen molar-refractivity contribution in [2.24, 2.45) is 34.5 Å². The van der Waals surface area contributed by atoms with Gasteiger partial charge in [0, 0.05) is 0 Å². The van der Waals surface area contributed by atoms with E-state index in [0.29, 0.717) is 10.8 Å². The zero-order valence-electron chi connectivity index (χ0n) is 16.4. The van der Waals surface area contributed by atoms with Gasteiger partial charge in [-0.1, -0.05) is 80.1 Å². The van der Waals surface area contributed by atoms with E-state index >= 15 is 0 Å². The van der Waals surface area contributed by atoms with Gasteiger partial charge in [0.05, 0.1) is 0 Å². The normalized spacial score (nSPS) is 34.6. The van der Waals surface area contributed by atoms with Crippen molar-refractivity contribution in [1.82, 2.24) is 0 Å². The van der Waals surface area contributed by atoms with Gasteiger partial charge in [-0.2, -0.15) is 0 Å². The summed E-state index contributed by atoms with van der Waals surface area (Å²) < 4.78 is 0. The molecule has 0 unspecified atom stereocenters. The van der Waals surface area contributed by atoms with Crippen LogP contribution in [0.5, 0.6) is 0 Å². The highest BCUT2D eigenvalue weighted by atomic mass is 14.4. The quantitative estimate of drug-likeness (QED) is 0.507. The monoisotopic (exact) mass is 306 g/mol. The van der Waals surface area contributed by atoms with Gasteiger partial charge in [-0.3, -0.25) is 0 Å². The molecule has 0 amide bonds. The van der Waals surface area contributed by atoms with Crippen molar-refractivity contribution in [2.75, 3.05) is 0 Å². The molecule has 0 aliphatic heterocycles. The Morgan fingerprint density at radius 3 is 1.00 bits per heavy atom. The smallest absolute Gasteiger partial charge is 0.0354 e. The highest BCUT2D eigenvalue weighted by molar-refractivity contribution is 4.83. The van der Waals surface area contributed by atoms with Gasteiger partial charge in [0.15, 0.2) is 0 Å². The van der Waals surface area contributed by atoms with Crippen LogP contribution in [0.25, 0.3) is 0 Å². The second-order valence-corrected chi connectivity index (χ2v) is 10.7. The van der Waals surface area contributed by atoms with Crippen LogP contribution in [0.2, 0.25) is 0 Å². The average Bonchev–Trinajstić information content (AvgIpc) is 2.44. The molecule has 2 aliphatic rings. The van der Waals surface area contributed by atoms with Crippen molar-refractivity contribution in [3.05, 3.63) is 0 Å². The third kappa shape index (κ3) is 5.27. The van der Waals surface area contributed by atoms with E-state index in [1.54, 1.807) is 0 Å². The summed E-state index contributed by atoms with van der Waals surface area (Å²) in [5, 5.41) is 0. The van der Waals surface area contributed by atoms with Crippen LogP contribution in [-0.4, -0.2) is 0 Å². The molecular formula is C22H42. The molecule has 2 saturated carbocycles. The predicted octanol–water partition coefficient (Wildman–Crippen LogP) is 7.47. The lowest BCUT2D eigenvalue weighted by atomic mass is 9.67. The SMILES string of the molecule is CC(C)(C)C1CCC(CCC2CCC(C(C)(C)C)CC2)CC1. The van der Waals surface area contributed by atoms with Gasteiger partial charge in [-0.15, -0.1) is 0 Å². The molecule has 2 fully saturated rings. The molecule has 2 aliphatic carbocycles. The van der Waals surface area contributed by atoms with Crippen LogP contribution >= 0.6 is 0 Å². The van der Waals surface area contributed by atoms with Gasteiger partial charge in [0.1, 0.15) is 0 Å². The van der Waals surface area contributed by atoms with Gasteiger partial charge in [-0.05, 0) is 60.2 Å². The van der Waals surface area contributed by atoms with Crippen LogP contribution in [0.4, 0.5) is 0 Å². The topological polar surface area (TPSA) is 0 Å². The molecule has 0 aromatic carbocycles. The standard InChI is InChI=1S/C22H42/c1-21(2,3)19-13-9-17(10-14-19)7-8-18-11-15-20(16-12-18)22(4,5)6/h17-20H,7-16H2,1-6H3. The number of hydrogen-bond acceptors (Lipinski definition) is 0. The van der Waals surface area contributed by atoms with Crippen molar-refractivity contribution in [2.45, 2.75) is 106 Å². The summed E-state index contributed by atoms with van der Waals surface area (Å²) in [5.74, 6) is 4.06. The molecule has 0 N–H and O–H groups in total. The first-order valence-corrected chi connectivity index (χ1v) is 10.2. The summed E-state index contributed by atoms with van der Waals surface area (Å²) in [6.45, 7) is 14.6. The van der Waals surface area contributed by atoms with Crippen molar-refractivity contribution >= 4 is 0 Å². The molecule has 0 aromatic rings. The summed E-state index contributed by atoms with van der Waals surface area (Å²) in [6.07, 6.45) is 15.1. The Balaban J connectivity index is 1.64. The second-order valence-electron chi connectivity index (χ2n) is 10.7. The molecule has 0 heterocycles. The van der Waals surface area contributed by atoms with E-state index in [9.17, 15) is 0 Å². The van der Waals surface area contributed by atoms with E-state index in [1.165, 1.54) is 64.2 Å². The van der Waals surface area contributed by atoms with Crippen molar-refractivity contribution in [1.29, 1.82) is 0 Å². The summed E-state index contributed by atoms with van der Waals surface area (Å²) in [7, 11) is 0. The van der Waals surface area contributed by atoms with Crippen LogP contribution in [0.15, 0.2) is 0 Å². The van der Waals surface area contributed by atoms with Crippen LogP contribution in [0, 0.1) is 34.5 Å². The zero-order chi connectivity index (χ0) is 16.4. The maximum atomic E-state index is 2.44. The minimum absolute atomic E-state index is 0.538. The molecule has 2 rings (SSSR count). The highest BCUT2D eigenvalue weighted by Gasteiger charge is 2.32. The Bertz CT molecular complexity index is 277. The third-order valence-corrected chi connectivity index (χ3v) is 7.13. The molecule has 0 nitrogen and oxygen atoms in total. The Hall–Kier alpha value is 0. The minimum Gasteiger partial charge on any atom is -0.0599 e. The van der Waals surface area contributed by atoms with Crippen LogP contribution in [-0.2, 0) is 0 Å². The van der Waals surface area contributed by atoms with Crippen molar-refractivity contribution in [3.8, 4) is 0 Å². The maximum absolute atomic E-state index is 2.44. The van der Waals surface area contributed by atoms with Crippen molar-refractivity contribution < 1.29 is 0 Å². The lowest BCUT2D eigenvalue weighted by Gasteiger charge is -2.39. The molecule has 0 bridgehead atoms. The van der Waals surface area contributed by atoms with E-state index in [-0.39, 0.29) is 0 Å². The summed E-state index contributed by atoms with van der Waals surface area (Å²) in [4.78, 5) is 0. The molecule has 0 radical (unpaired) electrons. The van der Waals surface area contributed by atoms with Crippen LogP contribution < -0.4 is 0 Å². The van der Waals surface area contributed by atoms with Gasteiger partial charge in [0.2, 0.25) is 0 Å². The Morgan fingerprint density at radius 1 is 0.500 bits per heavy atom. The van der Waals surface area contributed by atoms with E-state index in [2.05, 4.69) is 41.5 Å². The lowest BCUT2D eigenvalue weighted by Crippen LogP contribution is -2.27.